The fourth-order valence-electron chi connectivity index (χ4n) is 2.89. The number of rotatable bonds is 6. The van der Waals surface area contributed by atoms with Crippen LogP contribution in [0.4, 0.5) is 0 Å². The van der Waals surface area contributed by atoms with Gasteiger partial charge >= 0.3 is 24.1 Å². The molecule has 3 rings (SSSR count). The lowest BCUT2D eigenvalue weighted by Gasteiger charge is -2.49. The summed E-state index contributed by atoms with van der Waals surface area (Å²) >= 11 is 0.977. The van der Waals surface area contributed by atoms with Crippen molar-refractivity contribution in [2.24, 2.45) is 0 Å². The van der Waals surface area contributed by atoms with E-state index in [0.717, 1.165) is 28.5 Å². The zero-order valence-electron chi connectivity index (χ0n) is 15.2. The molecule has 0 aromatic heterocycles. The van der Waals surface area contributed by atoms with E-state index in [2.05, 4.69) is 16.6 Å². The number of fused-ring (bicyclic) bond motifs is 1. The second-order valence-corrected chi connectivity index (χ2v) is 9.00. The average molecular weight is 434 g/mol. The molecule has 0 saturated carbocycles. The van der Waals surface area contributed by atoms with E-state index in [0.29, 0.717) is 0 Å². The van der Waals surface area contributed by atoms with Gasteiger partial charge in [-0.2, -0.15) is 8.42 Å². The first-order valence-electron chi connectivity index (χ1n) is 8.19. The molecule has 2 heterocycles. The topological polar surface area (TPSA) is 119 Å². The average Bonchev–Trinajstić information content (AvgIpc) is 2.66. The van der Waals surface area contributed by atoms with Gasteiger partial charge in [0.25, 0.3) is 5.91 Å². The summed E-state index contributed by atoms with van der Waals surface area (Å²) in [7, 11) is 0.899. The zero-order chi connectivity index (χ0) is 21.3. The van der Waals surface area contributed by atoms with Crippen LogP contribution in [0.15, 0.2) is 53.3 Å². The van der Waals surface area contributed by atoms with Gasteiger partial charge in [-0.15, -0.1) is 0 Å². The van der Waals surface area contributed by atoms with Crippen LogP contribution in [0, 0.1) is 0 Å². The lowest BCUT2D eigenvalue weighted by Crippen LogP contribution is -2.70. The van der Waals surface area contributed by atoms with Crippen molar-refractivity contribution in [1.29, 1.82) is 0 Å². The fraction of sp³-hybridized carbons (Fsp3) is 0.235. The Hall–Kier alpha value is -2.73. The molecular formula is C17H15BN2O7S2. The van der Waals surface area contributed by atoms with Gasteiger partial charge in [0, 0.05) is 4.91 Å². The molecule has 2 aliphatic rings. The third-order valence-electron chi connectivity index (χ3n) is 4.07. The molecular weight excluding hydrogens is 419 g/mol. The Morgan fingerprint density at radius 1 is 1.31 bits per heavy atom. The molecule has 0 bridgehead atoms. The Morgan fingerprint density at radius 3 is 2.55 bits per heavy atom. The van der Waals surface area contributed by atoms with E-state index in [4.69, 9.17) is 12.2 Å². The number of β-lactam (4-membered cyclic amide) rings is 1. The minimum absolute atomic E-state index is 0.0684. The number of nitrogens with zero attached hydrogens (tertiary/aromatic N) is 1. The number of carbonyl (C=O) groups excluding carboxylic acids is 3. The van der Waals surface area contributed by atoms with Crippen LogP contribution in [0.5, 0.6) is 0 Å². The second-order valence-electron chi connectivity index (χ2n) is 6.22. The summed E-state index contributed by atoms with van der Waals surface area (Å²) in [5.41, 5.74) is 0.288. The summed E-state index contributed by atoms with van der Waals surface area (Å²) in [6.07, 6.45) is 0.846. The van der Waals surface area contributed by atoms with Crippen LogP contribution in [0.3, 0.4) is 0 Å². The molecule has 29 heavy (non-hydrogen) atoms. The largest absolute Gasteiger partial charge is 0.539 e. The van der Waals surface area contributed by atoms with E-state index in [9.17, 15) is 22.8 Å². The van der Waals surface area contributed by atoms with Gasteiger partial charge in [0.05, 0.1) is 12.7 Å². The van der Waals surface area contributed by atoms with E-state index < -0.39 is 44.9 Å². The van der Waals surface area contributed by atoms with Gasteiger partial charge in [-0.3, -0.25) is 14.5 Å². The van der Waals surface area contributed by atoms with Crippen LogP contribution in [0.2, 0.25) is 0 Å². The fourth-order valence-corrected chi connectivity index (χ4v) is 4.59. The minimum atomic E-state index is -4.02. The van der Waals surface area contributed by atoms with Gasteiger partial charge in [-0.25, -0.2) is 4.79 Å². The first kappa shape index (κ1) is 21.0. The van der Waals surface area contributed by atoms with Gasteiger partial charge in [0.15, 0.2) is 11.5 Å². The standard InChI is InChI=1S/C17H15BN2O7S2/c1-9-14(27-29(2,24)25)13(17(23)26-18)20-15(22)12(16(20)28-9)19-11(21)8-10-6-4-3-5-7-10/h3-7,12,16H,1,8H2,2H3,(H,19,21)/t12-,16-/m1/s1. The van der Waals surface area contributed by atoms with E-state index in [-0.39, 0.29) is 17.2 Å². The highest BCUT2D eigenvalue weighted by Gasteiger charge is 2.56. The Kier molecular flexibility index (Phi) is 5.76. The van der Waals surface area contributed by atoms with Crippen LogP contribution in [-0.2, 0) is 39.8 Å². The molecule has 0 unspecified atom stereocenters. The second kappa shape index (κ2) is 7.95. The third-order valence-corrected chi connectivity index (χ3v) is 5.74. The monoisotopic (exact) mass is 434 g/mol. The number of benzene rings is 1. The van der Waals surface area contributed by atoms with E-state index in [1.165, 1.54) is 0 Å². The summed E-state index contributed by atoms with van der Waals surface area (Å²) in [6.45, 7) is 3.69. The molecule has 2 aliphatic heterocycles. The van der Waals surface area contributed by atoms with Crippen molar-refractivity contribution in [1.82, 2.24) is 10.2 Å². The highest BCUT2D eigenvalue weighted by molar-refractivity contribution is 8.04. The van der Waals surface area contributed by atoms with Crippen molar-refractivity contribution in [3.8, 4) is 0 Å². The Bertz CT molecular complexity index is 1020. The molecule has 1 aromatic rings. The molecule has 1 aromatic carbocycles. The minimum Gasteiger partial charge on any atom is -0.539 e. The Morgan fingerprint density at radius 2 is 1.97 bits per heavy atom. The maximum Gasteiger partial charge on any atom is 0.378 e. The zero-order valence-corrected chi connectivity index (χ0v) is 16.8. The first-order valence-corrected chi connectivity index (χ1v) is 10.9. The molecule has 0 spiro atoms. The maximum absolute atomic E-state index is 12.6. The predicted octanol–water partition coefficient (Wildman–Crippen LogP) is -0.0428. The molecule has 9 nitrogen and oxygen atoms in total. The molecule has 1 fully saturated rings. The van der Waals surface area contributed by atoms with E-state index >= 15 is 0 Å². The van der Waals surface area contributed by atoms with Gasteiger partial charge < -0.3 is 14.2 Å². The van der Waals surface area contributed by atoms with Crippen LogP contribution in [0.25, 0.3) is 0 Å². The molecule has 2 radical (unpaired) electrons. The number of carbonyl (C=O) groups is 3. The summed E-state index contributed by atoms with van der Waals surface area (Å²) in [6, 6.07) is 8.02. The van der Waals surface area contributed by atoms with Crippen molar-refractivity contribution < 1.29 is 31.6 Å². The Labute approximate surface area is 172 Å². The van der Waals surface area contributed by atoms with Crippen LogP contribution < -0.4 is 5.32 Å². The number of amides is 2. The van der Waals surface area contributed by atoms with E-state index in [1.54, 1.807) is 24.3 Å². The molecule has 2 atom stereocenters. The van der Waals surface area contributed by atoms with Gasteiger partial charge in [-0.1, -0.05) is 48.7 Å². The number of nitrogens with one attached hydrogen (secondary N) is 1. The molecule has 150 valence electrons. The van der Waals surface area contributed by atoms with Gasteiger partial charge in [0.2, 0.25) is 5.91 Å². The number of hydrogen-bond donors (Lipinski definition) is 1. The SMILES string of the molecule is [B]OC(=O)C1=C(OS(C)(=O)=O)C(=C)S[C@@H]2[C@H](NC(=O)Cc3ccccc3)C(=O)N12. The third kappa shape index (κ3) is 4.32. The van der Waals surface area contributed by atoms with Crippen molar-refractivity contribution in [3.63, 3.8) is 0 Å². The summed E-state index contributed by atoms with van der Waals surface area (Å²) in [5, 5.41) is 1.89. The van der Waals surface area contributed by atoms with Crippen molar-refractivity contribution in [2.45, 2.75) is 17.8 Å². The maximum atomic E-state index is 12.6. The highest BCUT2D eigenvalue weighted by atomic mass is 32.2. The van der Waals surface area contributed by atoms with E-state index in [1.807, 2.05) is 6.07 Å². The molecule has 12 heteroatoms. The predicted molar refractivity (Wildman–Crippen MR) is 104 cm³/mol. The smallest absolute Gasteiger partial charge is 0.378 e. The Balaban J connectivity index is 1.82. The summed E-state index contributed by atoms with van der Waals surface area (Å²) < 4.78 is 32.0. The van der Waals surface area contributed by atoms with Crippen LogP contribution >= 0.6 is 11.8 Å². The normalized spacial score (nSPS) is 21.2. The molecule has 1 N–H and O–H groups in total. The van der Waals surface area contributed by atoms with Crippen molar-refractivity contribution >= 4 is 47.7 Å². The lowest BCUT2D eigenvalue weighted by atomic mass is 10.0. The first-order chi connectivity index (χ1) is 13.6. The quantitative estimate of drug-likeness (QED) is 0.376. The number of thioether (sulfide) groups is 1. The van der Waals surface area contributed by atoms with Crippen molar-refractivity contribution in [2.75, 3.05) is 6.26 Å². The highest BCUT2D eigenvalue weighted by Crippen LogP contribution is 2.46. The molecule has 1 saturated heterocycles. The summed E-state index contributed by atoms with van der Waals surface area (Å²) in [4.78, 5) is 38.1. The van der Waals surface area contributed by atoms with Crippen LogP contribution in [0.1, 0.15) is 5.56 Å². The van der Waals surface area contributed by atoms with Gasteiger partial charge in [0.1, 0.15) is 11.4 Å². The van der Waals surface area contributed by atoms with Crippen molar-refractivity contribution in [3.05, 3.63) is 58.8 Å². The van der Waals surface area contributed by atoms with Gasteiger partial charge in [-0.05, 0) is 5.56 Å². The van der Waals surface area contributed by atoms with Crippen LogP contribution in [-0.4, -0.2) is 56.8 Å². The summed E-state index contributed by atoms with van der Waals surface area (Å²) in [5.74, 6) is -2.62. The molecule has 0 aliphatic carbocycles. The molecule has 2 amide bonds. The lowest BCUT2D eigenvalue weighted by molar-refractivity contribution is -0.150. The number of hydrogen-bond acceptors (Lipinski definition) is 8.